The number of aryl methyl sites for hydroxylation is 1. The number of rotatable bonds is 5. The van der Waals surface area contributed by atoms with Crippen LogP contribution >= 0.6 is 0 Å². The fourth-order valence-corrected chi connectivity index (χ4v) is 2.66. The van der Waals surface area contributed by atoms with Crippen molar-refractivity contribution in [2.75, 3.05) is 32.8 Å². The number of hydrazine groups is 1. The molecule has 1 saturated heterocycles. The van der Waals surface area contributed by atoms with Crippen LogP contribution in [-0.2, 0) is 14.4 Å². The van der Waals surface area contributed by atoms with Crippen molar-refractivity contribution in [3.8, 4) is 5.75 Å². The highest BCUT2D eigenvalue weighted by atomic mass is 16.6. The summed E-state index contributed by atoms with van der Waals surface area (Å²) in [5.74, 6) is 3.21. The van der Waals surface area contributed by atoms with E-state index in [2.05, 4.69) is 0 Å². The van der Waals surface area contributed by atoms with E-state index in [1.165, 1.54) is 17.0 Å². The van der Waals surface area contributed by atoms with Crippen molar-refractivity contribution >= 4 is 23.4 Å². The highest BCUT2D eigenvalue weighted by Crippen LogP contribution is 2.27. The van der Waals surface area contributed by atoms with Crippen LogP contribution in [0.1, 0.15) is 12.0 Å². The summed E-state index contributed by atoms with van der Waals surface area (Å²) >= 11 is 0. The molecule has 0 unspecified atom stereocenters. The first-order chi connectivity index (χ1) is 12.8. The van der Waals surface area contributed by atoms with E-state index in [0.29, 0.717) is 0 Å². The van der Waals surface area contributed by atoms with Gasteiger partial charge in [0.05, 0.1) is 18.0 Å². The molecule has 1 heterocycles. The van der Waals surface area contributed by atoms with E-state index >= 15 is 0 Å². The lowest BCUT2D eigenvalue weighted by Gasteiger charge is -2.34. The molecule has 0 aromatic heterocycles. The summed E-state index contributed by atoms with van der Waals surface area (Å²) in [6.07, 6.45) is 0.0439. The van der Waals surface area contributed by atoms with Crippen LogP contribution in [0.5, 0.6) is 5.75 Å². The van der Waals surface area contributed by atoms with Crippen molar-refractivity contribution in [1.29, 1.82) is 0 Å². The second-order valence-electron chi connectivity index (χ2n) is 5.97. The predicted octanol–water partition coefficient (Wildman–Crippen LogP) is -0.667. The van der Waals surface area contributed by atoms with Gasteiger partial charge in [0, 0.05) is 32.2 Å². The Morgan fingerprint density at radius 2 is 1.85 bits per heavy atom. The minimum atomic E-state index is -0.900. The van der Waals surface area contributed by atoms with Gasteiger partial charge in [0.25, 0.3) is 0 Å². The van der Waals surface area contributed by atoms with Crippen LogP contribution in [0, 0.1) is 17.0 Å². The van der Waals surface area contributed by atoms with Crippen molar-refractivity contribution in [2.24, 2.45) is 5.84 Å². The minimum Gasteiger partial charge on any atom is -0.486 e. The van der Waals surface area contributed by atoms with Gasteiger partial charge in [0.15, 0.2) is 5.75 Å². The number of ether oxygens (including phenoxy) is 1. The van der Waals surface area contributed by atoms with E-state index in [9.17, 15) is 24.5 Å². The molecule has 0 saturated carbocycles. The van der Waals surface area contributed by atoms with Gasteiger partial charge in [-0.2, -0.15) is 0 Å². The molecule has 1 aliphatic heterocycles. The summed E-state index contributed by atoms with van der Waals surface area (Å²) in [7, 11) is 0. The first-order valence-electron chi connectivity index (χ1n) is 8.29. The van der Waals surface area contributed by atoms with E-state index in [-0.39, 0.29) is 56.6 Å². The number of carbonyl (C=O) groups is 3. The number of carbonyl (C=O) groups excluding carboxylic acids is 3. The van der Waals surface area contributed by atoms with E-state index < -0.39 is 16.7 Å². The highest BCUT2D eigenvalue weighted by molar-refractivity contribution is 6.34. The molecule has 1 aromatic carbocycles. The molecule has 3 N–H and O–H groups in total. The molecule has 1 aromatic rings. The lowest BCUT2D eigenvalue weighted by atomic mass is 10.2. The molecule has 0 radical (unpaired) electrons. The first-order valence-corrected chi connectivity index (χ1v) is 8.29. The average molecular weight is 379 g/mol. The summed E-state index contributed by atoms with van der Waals surface area (Å²) in [6, 6.07) is 4.60. The summed E-state index contributed by atoms with van der Waals surface area (Å²) in [5.41, 5.74) is 2.37. The fraction of sp³-hybridized carbons (Fsp3) is 0.438. The number of nitrogens with one attached hydrogen (secondary N) is 1. The average Bonchev–Trinajstić information content (AvgIpc) is 2.67. The lowest BCUT2D eigenvalue weighted by molar-refractivity contribution is -0.385. The molecular formula is C16H21N5O6. The van der Waals surface area contributed by atoms with Gasteiger partial charge in [-0.3, -0.25) is 29.9 Å². The van der Waals surface area contributed by atoms with Crippen molar-refractivity contribution < 1.29 is 24.0 Å². The number of nitro benzene ring substituents is 1. The lowest BCUT2D eigenvalue weighted by Crippen LogP contribution is -2.54. The summed E-state index contributed by atoms with van der Waals surface area (Å²) in [4.78, 5) is 48.6. The minimum absolute atomic E-state index is 0.00252. The number of benzene rings is 1. The third-order valence-electron chi connectivity index (χ3n) is 4.13. The van der Waals surface area contributed by atoms with Gasteiger partial charge in [-0.15, -0.1) is 0 Å². The maximum absolute atomic E-state index is 12.2. The molecule has 0 atom stereocenters. The molecular weight excluding hydrogens is 358 g/mol. The Kier molecular flexibility index (Phi) is 6.66. The van der Waals surface area contributed by atoms with Crippen LogP contribution in [0.25, 0.3) is 0 Å². The third-order valence-corrected chi connectivity index (χ3v) is 4.13. The first kappa shape index (κ1) is 20.1. The standard InChI is InChI=1S/C16H21N5O6/c1-11-2-3-13(12(10-11)21(25)26)27-9-4-14(22)19-5-7-20(8-6-19)16(24)15(23)18-17/h2-3,10H,4-9,17H2,1H3,(H,18,23). The quantitative estimate of drug-likeness (QED) is 0.227. The van der Waals surface area contributed by atoms with Crippen molar-refractivity contribution in [2.45, 2.75) is 13.3 Å². The summed E-state index contributed by atoms with van der Waals surface area (Å²) in [5, 5.41) is 11.1. The smallest absolute Gasteiger partial charge is 0.323 e. The van der Waals surface area contributed by atoms with Gasteiger partial charge in [-0.25, -0.2) is 5.84 Å². The number of hydrogen-bond acceptors (Lipinski definition) is 7. The zero-order valence-electron chi connectivity index (χ0n) is 14.8. The summed E-state index contributed by atoms with van der Waals surface area (Å²) in [6.45, 7) is 2.75. The Bertz CT molecular complexity index is 745. The molecule has 0 aliphatic carbocycles. The van der Waals surface area contributed by atoms with Gasteiger partial charge in [-0.05, 0) is 18.6 Å². The monoisotopic (exact) mass is 379 g/mol. The van der Waals surface area contributed by atoms with Crippen LogP contribution in [0.15, 0.2) is 18.2 Å². The Labute approximate surface area is 155 Å². The van der Waals surface area contributed by atoms with E-state index in [1.807, 2.05) is 0 Å². The zero-order valence-corrected chi connectivity index (χ0v) is 14.8. The molecule has 11 nitrogen and oxygen atoms in total. The second kappa shape index (κ2) is 8.94. The van der Waals surface area contributed by atoms with Crippen molar-refractivity contribution in [1.82, 2.24) is 15.2 Å². The van der Waals surface area contributed by atoms with Crippen LogP contribution in [-0.4, -0.2) is 65.2 Å². The van der Waals surface area contributed by atoms with E-state index in [0.717, 1.165) is 5.56 Å². The number of amides is 3. The Morgan fingerprint density at radius 1 is 1.22 bits per heavy atom. The molecule has 1 fully saturated rings. The van der Waals surface area contributed by atoms with Crippen molar-refractivity contribution in [3.05, 3.63) is 33.9 Å². The SMILES string of the molecule is Cc1ccc(OCCC(=O)N2CCN(C(=O)C(=O)NN)CC2)c([N+](=O)[O-])c1. The molecule has 2 rings (SSSR count). The Balaban J connectivity index is 1.82. The maximum atomic E-state index is 12.2. The second-order valence-corrected chi connectivity index (χ2v) is 5.97. The Hall–Kier alpha value is -3.21. The zero-order chi connectivity index (χ0) is 20.0. The van der Waals surface area contributed by atoms with Gasteiger partial charge in [0.1, 0.15) is 0 Å². The Morgan fingerprint density at radius 3 is 2.44 bits per heavy atom. The number of hydrogen-bond donors (Lipinski definition) is 2. The number of nitro groups is 1. The normalized spacial score (nSPS) is 13.9. The topological polar surface area (TPSA) is 148 Å². The van der Waals surface area contributed by atoms with Crippen LogP contribution in [0.3, 0.4) is 0 Å². The third kappa shape index (κ3) is 5.14. The molecule has 0 bridgehead atoms. The molecule has 3 amide bonds. The molecule has 11 heteroatoms. The van der Waals surface area contributed by atoms with Crippen LogP contribution in [0.2, 0.25) is 0 Å². The van der Waals surface area contributed by atoms with Gasteiger partial charge >= 0.3 is 17.5 Å². The molecule has 27 heavy (non-hydrogen) atoms. The van der Waals surface area contributed by atoms with Crippen LogP contribution < -0.4 is 16.0 Å². The van der Waals surface area contributed by atoms with Crippen LogP contribution in [0.4, 0.5) is 5.69 Å². The van der Waals surface area contributed by atoms with Gasteiger partial charge in [0.2, 0.25) is 5.91 Å². The summed E-state index contributed by atoms with van der Waals surface area (Å²) < 4.78 is 5.40. The highest BCUT2D eigenvalue weighted by Gasteiger charge is 2.27. The predicted molar refractivity (Wildman–Crippen MR) is 93.4 cm³/mol. The molecule has 1 aliphatic rings. The van der Waals surface area contributed by atoms with Crippen molar-refractivity contribution in [3.63, 3.8) is 0 Å². The van der Waals surface area contributed by atoms with Gasteiger partial charge in [-0.1, -0.05) is 6.07 Å². The number of nitrogens with zero attached hydrogens (tertiary/aromatic N) is 3. The molecule has 0 spiro atoms. The maximum Gasteiger partial charge on any atom is 0.323 e. The van der Waals surface area contributed by atoms with Gasteiger partial charge < -0.3 is 14.5 Å². The fourth-order valence-electron chi connectivity index (χ4n) is 2.66. The largest absolute Gasteiger partial charge is 0.486 e. The number of piperazine rings is 1. The van der Waals surface area contributed by atoms with E-state index in [1.54, 1.807) is 23.3 Å². The number of nitrogens with two attached hydrogens (primary N) is 1. The van der Waals surface area contributed by atoms with E-state index in [4.69, 9.17) is 10.6 Å². The molecule has 146 valence electrons.